The maximum absolute atomic E-state index is 13.1. The van der Waals surface area contributed by atoms with Crippen LogP contribution in [0.5, 0.6) is 0 Å². The molecule has 3 N–H and O–H groups in total. The first-order valence-electron chi connectivity index (χ1n) is 9.49. The summed E-state index contributed by atoms with van der Waals surface area (Å²) >= 11 is 0. The van der Waals surface area contributed by atoms with Gasteiger partial charge in [-0.2, -0.15) is 4.31 Å². The minimum atomic E-state index is -3.82. The number of imidazole rings is 1. The molecule has 1 aliphatic heterocycles. The molecule has 1 aromatic carbocycles. The van der Waals surface area contributed by atoms with E-state index >= 15 is 0 Å². The van der Waals surface area contributed by atoms with Crippen molar-refractivity contribution >= 4 is 27.0 Å². The van der Waals surface area contributed by atoms with Crippen molar-refractivity contribution < 1.29 is 13.2 Å². The Kier molecular flexibility index (Phi) is 4.81. The second kappa shape index (κ2) is 7.12. The average molecular weight is 392 g/mol. The highest BCUT2D eigenvalue weighted by Crippen LogP contribution is 2.28. The molecule has 1 saturated carbocycles. The molecule has 27 heavy (non-hydrogen) atoms. The Hall–Kier alpha value is -2.13. The maximum Gasteiger partial charge on any atom is 0.323 e. The van der Waals surface area contributed by atoms with Crippen LogP contribution in [0.15, 0.2) is 27.9 Å². The van der Waals surface area contributed by atoms with E-state index in [0.29, 0.717) is 30.4 Å². The van der Waals surface area contributed by atoms with Crippen molar-refractivity contribution in [3.63, 3.8) is 0 Å². The number of benzene rings is 1. The number of fused-ring (bicyclic) bond motifs is 1. The molecule has 1 atom stereocenters. The van der Waals surface area contributed by atoms with Gasteiger partial charge in [0, 0.05) is 12.6 Å². The van der Waals surface area contributed by atoms with E-state index in [2.05, 4.69) is 15.3 Å². The molecule has 1 aromatic heterocycles. The zero-order valence-electron chi connectivity index (χ0n) is 15.0. The van der Waals surface area contributed by atoms with E-state index in [4.69, 9.17) is 0 Å². The Morgan fingerprint density at radius 2 is 1.78 bits per heavy atom. The first kappa shape index (κ1) is 18.2. The molecule has 2 fully saturated rings. The molecular weight excluding hydrogens is 368 g/mol. The van der Waals surface area contributed by atoms with Gasteiger partial charge in [-0.25, -0.2) is 13.2 Å². The number of nitrogens with one attached hydrogen (secondary N) is 3. The zero-order valence-corrected chi connectivity index (χ0v) is 15.8. The number of hydrogen-bond acceptors (Lipinski definition) is 4. The minimum Gasteiger partial charge on any atom is -0.352 e. The predicted octanol–water partition coefficient (Wildman–Crippen LogP) is 1.46. The van der Waals surface area contributed by atoms with Crippen LogP contribution in [0.2, 0.25) is 0 Å². The van der Waals surface area contributed by atoms with Crippen LogP contribution in [0.4, 0.5) is 0 Å². The van der Waals surface area contributed by atoms with E-state index < -0.39 is 16.1 Å². The van der Waals surface area contributed by atoms with Gasteiger partial charge in [-0.1, -0.05) is 19.3 Å². The van der Waals surface area contributed by atoms with Crippen molar-refractivity contribution in [3.05, 3.63) is 28.7 Å². The third-order valence-corrected chi connectivity index (χ3v) is 7.46. The fourth-order valence-electron chi connectivity index (χ4n) is 4.14. The van der Waals surface area contributed by atoms with Crippen LogP contribution < -0.4 is 11.0 Å². The number of hydrogen-bond donors (Lipinski definition) is 3. The van der Waals surface area contributed by atoms with Crippen LogP contribution in [-0.2, 0) is 14.8 Å². The third-order valence-electron chi connectivity index (χ3n) is 5.55. The second-order valence-electron chi connectivity index (χ2n) is 7.40. The van der Waals surface area contributed by atoms with Crippen LogP contribution in [-0.4, -0.2) is 47.2 Å². The molecular formula is C18H24N4O4S. The molecule has 8 nitrogen and oxygen atoms in total. The lowest BCUT2D eigenvalue weighted by Crippen LogP contribution is -2.49. The van der Waals surface area contributed by atoms with Gasteiger partial charge >= 0.3 is 5.69 Å². The number of amides is 1. The van der Waals surface area contributed by atoms with Crippen molar-refractivity contribution in [3.8, 4) is 0 Å². The van der Waals surface area contributed by atoms with Gasteiger partial charge < -0.3 is 15.3 Å². The first-order valence-corrected chi connectivity index (χ1v) is 10.9. The summed E-state index contributed by atoms with van der Waals surface area (Å²) in [7, 11) is -3.82. The van der Waals surface area contributed by atoms with Gasteiger partial charge in [-0.05, 0) is 43.9 Å². The van der Waals surface area contributed by atoms with Crippen LogP contribution >= 0.6 is 0 Å². The zero-order chi connectivity index (χ0) is 19.0. The summed E-state index contributed by atoms with van der Waals surface area (Å²) in [5, 5.41) is 3.05. The fraction of sp³-hybridized carbons (Fsp3) is 0.556. The van der Waals surface area contributed by atoms with Gasteiger partial charge in [0.05, 0.1) is 15.9 Å². The summed E-state index contributed by atoms with van der Waals surface area (Å²) in [6, 6.07) is 3.95. The Balaban J connectivity index is 1.57. The number of rotatable bonds is 4. The highest BCUT2D eigenvalue weighted by atomic mass is 32.2. The van der Waals surface area contributed by atoms with Crippen molar-refractivity contribution in [2.75, 3.05) is 6.54 Å². The van der Waals surface area contributed by atoms with Gasteiger partial charge in [0.2, 0.25) is 15.9 Å². The molecule has 1 saturated heterocycles. The first-order chi connectivity index (χ1) is 12.9. The number of nitrogens with zero attached hydrogens (tertiary/aromatic N) is 1. The van der Waals surface area contributed by atoms with E-state index in [-0.39, 0.29) is 22.5 Å². The lowest BCUT2D eigenvalue weighted by atomic mass is 9.95. The predicted molar refractivity (Wildman–Crippen MR) is 101 cm³/mol. The summed E-state index contributed by atoms with van der Waals surface area (Å²) in [5.74, 6) is -0.195. The van der Waals surface area contributed by atoms with Crippen LogP contribution in [0.1, 0.15) is 44.9 Å². The Labute approximate surface area is 157 Å². The summed E-state index contributed by atoms with van der Waals surface area (Å²) < 4.78 is 27.6. The molecule has 0 spiro atoms. The minimum absolute atomic E-state index is 0.0858. The van der Waals surface area contributed by atoms with E-state index in [0.717, 1.165) is 25.7 Å². The quantitative estimate of drug-likeness (QED) is 0.730. The van der Waals surface area contributed by atoms with Crippen molar-refractivity contribution in [1.29, 1.82) is 0 Å². The second-order valence-corrected chi connectivity index (χ2v) is 9.29. The lowest BCUT2D eigenvalue weighted by molar-refractivity contribution is -0.125. The Bertz CT molecular complexity index is 1000. The largest absolute Gasteiger partial charge is 0.352 e. The summed E-state index contributed by atoms with van der Waals surface area (Å²) in [6.45, 7) is 0.326. The number of aromatic amines is 2. The Morgan fingerprint density at radius 3 is 2.56 bits per heavy atom. The molecule has 2 aliphatic rings. The fourth-order valence-corrected chi connectivity index (χ4v) is 5.82. The average Bonchev–Trinajstić information content (AvgIpc) is 3.28. The van der Waals surface area contributed by atoms with Crippen LogP contribution in [0, 0.1) is 0 Å². The van der Waals surface area contributed by atoms with Gasteiger partial charge in [0.1, 0.15) is 6.04 Å². The molecule has 9 heteroatoms. The highest BCUT2D eigenvalue weighted by Gasteiger charge is 2.40. The van der Waals surface area contributed by atoms with Gasteiger partial charge in [-0.3, -0.25) is 4.79 Å². The maximum atomic E-state index is 13.1. The standard InChI is InChI=1S/C18H24N4O4S/c23-17(19-12-5-2-1-3-6-12)16-7-4-10-22(16)27(25,26)13-8-9-14-15(11-13)21-18(24)20-14/h8-9,11-12,16H,1-7,10H2,(H,19,23)(H2,20,21,24). The summed E-state index contributed by atoms with van der Waals surface area (Å²) in [4.78, 5) is 29.4. The molecule has 1 aliphatic carbocycles. The van der Waals surface area contributed by atoms with Crippen molar-refractivity contribution in [2.45, 2.75) is 61.9 Å². The SMILES string of the molecule is O=C(NC1CCCCC1)C1CCCN1S(=O)(=O)c1ccc2[nH]c(=O)[nH]c2c1. The monoisotopic (exact) mass is 392 g/mol. The van der Waals surface area contributed by atoms with Gasteiger partial charge in [-0.15, -0.1) is 0 Å². The van der Waals surface area contributed by atoms with E-state index in [1.54, 1.807) is 6.07 Å². The highest BCUT2D eigenvalue weighted by molar-refractivity contribution is 7.89. The lowest BCUT2D eigenvalue weighted by Gasteiger charge is -2.27. The topological polar surface area (TPSA) is 115 Å². The van der Waals surface area contributed by atoms with E-state index in [1.165, 1.54) is 22.9 Å². The normalized spacial score (nSPS) is 22.3. The molecule has 2 aromatic rings. The number of carbonyl (C=O) groups is 1. The number of sulfonamides is 1. The van der Waals surface area contributed by atoms with Crippen LogP contribution in [0.3, 0.4) is 0 Å². The number of aromatic nitrogens is 2. The molecule has 0 radical (unpaired) electrons. The summed E-state index contributed by atoms with van der Waals surface area (Å²) in [5.41, 5.74) is 0.598. The molecule has 146 valence electrons. The summed E-state index contributed by atoms with van der Waals surface area (Å²) in [6.07, 6.45) is 6.51. The third kappa shape index (κ3) is 3.53. The van der Waals surface area contributed by atoms with Crippen molar-refractivity contribution in [1.82, 2.24) is 19.6 Å². The van der Waals surface area contributed by atoms with Gasteiger partial charge in [0.25, 0.3) is 0 Å². The van der Waals surface area contributed by atoms with Crippen LogP contribution in [0.25, 0.3) is 11.0 Å². The van der Waals surface area contributed by atoms with E-state index in [9.17, 15) is 18.0 Å². The molecule has 1 amide bonds. The Morgan fingerprint density at radius 1 is 1.04 bits per heavy atom. The smallest absolute Gasteiger partial charge is 0.323 e. The molecule has 4 rings (SSSR count). The van der Waals surface area contributed by atoms with Crippen molar-refractivity contribution in [2.24, 2.45) is 0 Å². The molecule has 0 bridgehead atoms. The van der Waals surface area contributed by atoms with E-state index in [1.807, 2.05) is 0 Å². The number of carbonyl (C=O) groups excluding carboxylic acids is 1. The number of H-pyrrole nitrogens is 2. The molecule has 1 unspecified atom stereocenters. The van der Waals surface area contributed by atoms with Gasteiger partial charge in [0.15, 0.2) is 0 Å². The molecule has 2 heterocycles.